The highest BCUT2D eigenvalue weighted by Crippen LogP contribution is 2.30. The quantitative estimate of drug-likeness (QED) is 0.599. The summed E-state index contributed by atoms with van der Waals surface area (Å²) >= 11 is 1.78. The van der Waals surface area contributed by atoms with E-state index in [1.807, 2.05) is 6.07 Å². The van der Waals surface area contributed by atoms with Crippen LogP contribution in [0.1, 0.15) is 36.6 Å². The molecule has 8 heteroatoms. The van der Waals surface area contributed by atoms with Gasteiger partial charge in [0.2, 0.25) is 0 Å². The van der Waals surface area contributed by atoms with Gasteiger partial charge in [0, 0.05) is 12.8 Å². The van der Waals surface area contributed by atoms with Crippen LogP contribution in [0.15, 0.2) is 24.3 Å². The molecule has 29 heavy (non-hydrogen) atoms. The molecule has 3 aliphatic heterocycles. The summed E-state index contributed by atoms with van der Waals surface area (Å²) in [5, 5.41) is 4.23. The summed E-state index contributed by atoms with van der Waals surface area (Å²) in [4.78, 5) is 34.9. The van der Waals surface area contributed by atoms with Crippen molar-refractivity contribution in [3.8, 4) is 0 Å². The predicted molar refractivity (Wildman–Crippen MR) is 111 cm³/mol. The Kier molecular flexibility index (Phi) is 4.80. The predicted octanol–water partition coefficient (Wildman–Crippen LogP) is -0.385. The zero-order valence-corrected chi connectivity index (χ0v) is 17.7. The lowest BCUT2D eigenvalue weighted by Crippen LogP contribution is -3.15. The number of carbonyl (C=O) groups is 2. The largest absolute Gasteiger partial charge is 0.337 e. The van der Waals surface area contributed by atoms with Crippen LogP contribution in [0.3, 0.4) is 0 Å². The highest BCUT2D eigenvalue weighted by Gasteiger charge is 2.54. The molecule has 3 saturated heterocycles. The standard InChI is InChI=1S/C21H27N5O2S/c1-24-11-8-21(9-12-24)19(27)26(20(28)23-21)14-25-10-4-5-15(13-25)18-22-16-6-2-3-7-17(16)29-18/h2-3,6-7,15H,4-5,8-14H2,1H3,(H,23,28)/p+2/t15-/m0/s1. The van der Waals surface area contributed by atoms with Crippen molar-refractivity contribution in [3.63, 3.8) is 0 Å². The van der Waals surface area contributed by atoms with E-state index in [1.54, 1.807) is 11.3 Å². The van der Waals surface area contributed by atoms with Crippen LogP contribution in [0.5, 0.6) is 0 Å². The van der Waals surface area contributed by atoms with Crippen LogP contribution in [0, 0.1) is 0 Å². The Hall–Kier alpha value is -2.03. The van der Waals surface area contributed by atoms with E-state index in [4.69, 9.17) is 4.98 Å². The molecule has 7 nitrogen and oxygen atoms in total. The van der Waals surface area contributed by atoms with E-state index in [2.05, 4.69) is 30.6 Å². The van der Waals surface area contributed by atoms with E-state index in [0.717, 1.165) is 57.4 Å². The van der Waals surface area contributed by atoms with Crippen LogP contribution in [0.4, 0.5) is 4.79 Å². The van der Waals surface area contributed by atoms with Crippen molar-refractivity contribution in [1.82, 2.24) is 15.2 Å². The van der Waals surface area contributed by atoms with Crippen LogP contribution in [0.2, 0.25) is 0 Å². The number of aromatic nitrogens is 1. The molecular weight excluding hydrogens is 386 g/mol. The molecule has 2 atom stereocenters. The Morgan fingerprint density at radius 1 is 1.24 bits per heavy atom. The van der Waals surface area contributed by atoms with Gasteiger partial charge < -0.3 is 15.1 Å². The van der Waals surface area contributed by atoms with E-state index in [0.29, 0.717) is 12.6 Å². The van der Waals surface area contributed by atoms with Crippen LogP contribution < -0.4 is 15.1 Å². The van der Waals surface area contributed by atoms with Gasteiger partial charge in [0.05, 0.1) is 49.4 Å². The number of quaternary nitrogens is 2. The second-order valence-electron chi connectivity index (χ2n) is 8.92. The van der Waals surface area contributed by atoms with Gasteiger partial charge in [0.15, 0.2) is 6.67 Å². The number of amides is 3. The van der Waals surface area contributed by atoms with Gasteiger partial charge in [-0.3, -0.25) is 4.79 Å². The van der Waals surface area contributed by atoms with Crippen molar-refractivity contribution in [3.05, 3.63) is 29.3 Å². The summed E-state index contributed by atoms with van der Waals surface area (Å²) in [5.41, 5.74) is 0.415. The molecule has 1 aromatic carbocycles. The zero-order valence-electron chi connectivity index (χ0n) is 16.9. The monoisotopic (exact) mass is 415 g/mol. The second kappa shape index (κ2) is 7.34. The van der Waals surface area contributed by atoms with E-state index >= 15 is 0 Å². The maximum atomic E-state index is 13.2. The van der Waals surface area contributed by atoms with Crippen molar-refractivity contribution in [2.24, 2.45) is 0 Å². The lowest BCUT2D eigenvalue weighted by Gasteiger charge is -2.34. The van der Waals surface area contributed by atoms with Gasteiger partial charge in [0.1, 0.15) is 10.5 Å². The number of likely N-dealkylation sites (tertiary alicyclic amines) is 2. The van der Waals surface area contributed by atoms with E-state index in [1.165, 1.54) is 24.4 Å². The molecule has 3 aliphatic rings. The molecule has 2 aromatic rings. The van der Waals surface area contributed by atoms with Gasteiger partial charge in [-0.2, -0.15) is 0 Å². The summed E-state index contributed by atoms with van der Waals surface area (Å²) in [7, 11) is 2.14. The van der Waals surface area contributed by atoms with Crippen molar-refractivity contribution in [1.29, 1.82) is 0 Å². The maximum Gasteiger partial charge on any atom is 0.329 e. The van der Waals surface area contributed by atoms with Gasteiger partial charge >= 0.3 is 6.03 Å². The first kappa shape index (κ1) is 19.0. The number of nitrogens with zero attached hydrogens (tertiary/aromatic N) is 2. The Morgan fingerprint density at radius 3 is 2.83 bits per heavy atom. The average molecular weight is 416 g/mol. The minimum absolute atomic E-state index is 0.00962. The van der Waals surface area contributed by atoms with Crippen LogP contribution in [0.25, 0.3) is 10.2 Å². The Bertz CT molecular complexity index is 903. The third-order valence-corrected chi connectivity index (χ3v) is 8.06. The fraction of sp³-hybridized carbons (Fsp3) is 0.571. The lowest BCUT2D eigenvalue weighted by atomic mass is 9.88. The normalized spacial score (nSPS) is 32.9. The number of urea groups is 1. The number of imide groups is 1. The van der Waals surface area contributed by atoms with Gasteiger partial charge in [-0.25, -0.2) is 14.7 Å². The lowest BCUT2D eigenvalue weighted by molar-refractivity contribution is -0.913. The summed E-state index contributed by atoms with van der Waals surface area (Å²) in [6.45, 7) is 4.25. The number of nitrogens with one attached hydrogen (secondary N) is 3. The number of carbonyl (C=O) groups excluding carboxylic acids is 2. The van der Waals surface area contributed by atoms with Gasteiger partial charge in [-0.05, 0) is 25.0 Å². The highest BCUT2D eigenvalue weighted by molar-refractivity contribution is 7.18. The van der Waals surface area contributed by atoms with Crippen LogP contribution >= 0.6 is 11.3 Å². The SMILES string of the molecule is C[NH+]1CCC2(CC1)NC(=O)N(C[NH+]1CCC[C@H](c3nc4ccccc4s3)C1)C2=O. The molecule has 0 bridgehead atoms. The summed E-state index contributed by atoms with van der Waals surface area (Å²) in [5.74, 6) is 0.391. The third kappa shape index (κ3) is 3.43. The van der Waals surface area contributed by atoms with E-state index in [-0.39, 0.29) is 11.9 Å². The first-order valence-electron chi connectivity index (χ1n) is 10.7. The number of rotatable bonds is 3. The molecular formula is C21H29N5O2S+2. The van der Waals surface area contributed by atoms with Gasteiger partial charge in [-0.1, -0.05) is 12.1 Å². The highest BCUT2D eigenvalue weighted by atomic mass is 32.1. The minimum atomic E-state index is -0.655. The molecule has 0 saturated carbocycles. The fourth-order valence-corrected chi connectivity index (χ4v) is 6.16. The number of piperidine rings is 2. The molecule has 1 aromatic heterocycles. The van der Waals surface area contributed by atoms with Gasteiger partial charge in [0.25, 0.3) is 5.91 Å². The van der Waals surface area contributed by atoms with E-state index < -0.39 is 5.54 Å². The van der Waals surface area contributed by atoms with Crippen molar-refractivity contribution in [2.45, 2.75) is 37.1 Å². The molecule has 4 heterocycles. The molecule has 3 amide bonds. The minimum Gasteiger partial charge on any atom is -0.337 e. The Morgan fingerprint density at radius 2 is 2.03 bits per heavy atom. The number of hydrogen-bond acceptors (Lipinski definition) is 4. The molecule has 154 valence electrons. The Labute approximate surface area is 174 Å². The number of hydrogen-bond donors (Lipinski definition) is 3. The van der Waals surface area contributed by atoms with Crippen molar-refractivity contribution < 1.29 is 19.4 Å². The first-order chi connectivity index (χ1) is 14.0. The number of fused-ring (bicyclic) bond motifs is 1. The molecule has 0 radical (unpaired) electrons. The third-order valence-electron chi connectivity index (χ3n) is 6.86. The Balaban J connectivity index is 1.28. The van der Waals surface area contributed by atoms with Crippen molar-refractivity contribution in [2.75, 3.05) is 39.9 Å². The number of para-hydroxylation sites is 1. The molecule has 5 rings (SSSR count). The summed E-state index contributed by atoms with van der Waals surface area (Å²) in [6.07, 6.45) is 3.70. The maximum absolute atomic E-state index is 13.2. The first-order valence-corrected chi connectivity index (χ1v) is 11.5. The average Bonchev–Trinajstić information content (AvgIpc) is 3.26. The number of thiazole rings is 1. The fourth-order valence-electron chi connectivity index (χ4n) is 5.06. The molecule has 3 N–H and O–H groups in total. The summed E-state index contributed by atoms with van der Waals surface area (Å²) < 4.78 is 1.23. The van der Waals surface area contributed by atoms with Crippen LogP contribution in [-0.2, 0) is 4.79 Å². The molecule has 3 fully saturated rings. The van der Waals surface area contributed by atoms with Crippen molar-refractivity contribution >= 4 is 33.5 Å². The zero-order chi connectivity index (χ0) is 20.0. The van der Waals surface area contributed by atoms with Crippen LogP contribution in [-0.4, -0.2) is 67.3 Å². The molecule has 1 spiro atoms. The molecule has 0 aliphatic carbocycles. The topological polar surface area (TPSA) is 71.2 Å². The second-order valence-corrected chi connectivity index (χ2v) is 9.99. The molecule has 1 unspecified atom stereocenters. The summed E-state index contributed by atoms with van der Waals surface area (Å²) in [6, 6.07) is 8.07. The van der Waals surface area contributed by atoms with E-state index in [9.17, 15) is 9.59 Å². The number of benzene rings is 1. The smallest absolute Gasteiger partial charge is 0.329 e. The van der Waals surface area contributed by atoms with Gasteiger partial charge in [-0.15, -0.1) is 11.3 Å².